The van der Waals surface area contributed by atoms with Crippen LogP contribution in [-0.4, -0.2) is 63.6 Å². The summed E-state index contributed by atoms with van der Waals surface area (Å²) in [6, 6.07) is 23.8. The van der Waals surface area contributed by atoms with E-state index in [0.717, 1.165) is 40.2 Å². The first kappa shape index (κ1) is 30.2. The van der Waals surface area contributed by atoms with Crippen molar-refractivity contribution in [1.29, 1.82) is 0 Å². The second kappa shape index (κ2) is 13.4. The van der Waals surface area contributed by atoms with Crippen LogP contribution in [0.5, 0.6) is 0 Å². The van der Waals surface area contributed by atoms with Crippen LogP contribution in [-0.2, 0) is 25.6 Å². The molecule has 4 aromatic rings. The van der Waals surface area contributed by atoms with E-state index >= 15 is 0 Å². The second-order valence-electron chi connectivity index (χ2n) is 11.4. The Morgan fingerprint density at radius 1 is 0.756 bits per heavy atom. The first-order valence-electron chi connectivity index (χ1n) is 15.2. The Labute approximate surface area is 266 Å². The van der Waals surface area contributed by atoms with Gasteiger partial charge in [-0.15, -0.1) is 11.3 Å². The van der Waals surface area contributed by atoms with Gasteiger partial charge in [0.2, 0.25) is 23.6 Å². The van der Waals surface area contributed by atoms with Gasteiger partial charge in [-0.05, 0) is 67.6 Å². The van der Waals surface area contributed by atoms with Crippen LogP contribution in [0.4, 0.5) is 11.4 Å². The molecule has 2 unspecified atom stereocenters. The molecule has 45 heavy (non-hydrogen) atoms. The van der Waals surface area contributed by atoms with E-state index in [-0.39, 0.29) is 30.0 Å². The van der Waals surface area contributed by atoms with Crippen LogP contribution in [0.2, 0.25) is 0 Å². The molecule has 6 rings (SSSR count). The van der Waals surface area contributed by atoms with Crippen LogP contribution in [0.1, 0.15) is 38.2 Å². The number of aromatic nitrogens is 1. The topological polar surface area (TPSA) is 112 Å². The summed E-state index contributed by atoms with van der Waals surface area (Å²) in [5.74, 6) is -0.441. The van der Waals surface area contributed by atoms with Gasteiger partial charge in [-0.3, -0.25) is 19.2 Å². The Balaban J connectivity index is 1.05. The summed E-state index contributed by atoms with van der Waals surface area (Å²) in [4.78, 5) is 58.8. The van der Waals surface area contributed by atoms with Gasteiger partial charge in [-0.2, -0.15) is 0 Å². The lowest BCUT2D eigenvalue weighted by atomic mass is 10.1. The first-order valence-corrected chi connectivity index (χ1v) is 16.1. The third-order valence-electron chi connectivity index (χ3n) is 8.39. The van der Waals surface area contributed by atoms with Crippen molar-refractivity contribution < 1.29 is 19.2 Å². The number of anilines is 2. The van der Waals surface area contributed by atoms with Gasteiger partial charge in [0.25, 0.3) is 0 Å². The highest BCUT2D eigenvalue weighted by Crippen LogP contribution is 2.31. The van der Waals surface area contributed by atoms with E-state index in [0.29, 0.717) is 37.3 Å². The van der Waals surface area contributed by atoms with Crippen LogP contribution in [0.25, 0.3) is 21.8 Å². The molecule has 2 aliphatic heterocycles. The number of carbonyl (C=O) groups excluding carboxylic acids is 4. The van der Waals surface area contributed by atoms with Crippen molar-refractivity contribution in [3.63, 3.8) is 0 Å². The monoisotopic (exact) mass is 621 g/mol. The van der Waals surface area contributed by atoms with Crippen LogP contribution in [0, 0.1) is 0 Å². The minimum Gasteiger partial charge on any atom is -0.331 e. The molecule has 0 aliphatic carbocycles. The number of rotatable bonds is 8. The third-order valence-corrected chi connectivity index (χ3v) is 9.28. The quantitative estimate of drug-likeness (QED) is 0.266. The van der Waals surface area contributed by atoms with Crippen molar-refractivity contribution in [2.24, 2.45) is 0 Å². The number of thiazole rings is 1. The molecule has 2 saturated heterocycles. The largest absolute Gasteiger partial charge is 0.331 e. The van der Waals surface area contributed by atoms with E-state index in [9.17, 15) is 19.2 Å². The fourth-order valence-corrected chi connectivity index (χ4v) is 6.87. The zero-order valence-corrected chi connectivity index (χ0v) is 25.9. The molecule has 2 fully saturated rings. The van der Waals surface area contributed by atoms with Crippen molar-refractivity contribution in [1.82, 2.24) is 14.8 Å². The van der Waals surface area contributed by atoms with E-state index < -0.39 is 12.1 Å². The lowest BCUT2D eigenvalue weighted by molar-refractivity contribution is -0.136. The number of carbonyl (C=O) groups is 4. The number of benzene rings is 3. The molecule has 0 bridgehead atoms. The summed E-state index contributed by atoms with van der Waals surface area (Å²) in [6.07, 6.45) is 3.25. The Kier molecular flexibility index (Phi) is 9.02. The highest BCUT2D eigenvalue weighted by Gasteiger charge is 2.34. The van der Waals surface area contributed by atoms with Gasteiger partial charge in [0.05, 0.1) is 12.1 Å². The van der Waals surface area contributed by atoms with E-state index in [4.69, 9.17) is 4.98 Å². The Morgan fingerprint density at radius 3 is 1.91 bits per heavy atom. The smallest absolute Gasteiger partial charge is 0.247 e. The van der Waals surface area contributed by atoms with Gasteiger partial charge in [0.15, 0.2) is 0 Å². The number of nitrogens with one attached hydrogen (secondary N) is 2. The number of likely N-dealkylation sites (tertiary alicyclic amines) is 2. The molecule has 4 amide bonds. The molecular formula is C35H35N5O4S. The standard InChI is InChI=1S/C35H35N5O4S/c1-23(41)39-19-5-9-30(39)33(43)36-28-17-13-26(14-18-28)35-38-29(22-45-35)25-11-15-27(16-12-25)37-34(44)31-10-6-20-40(31)32(42)21-24-7-3-2-4-8-24/h2-4,7-8,11-18,22,30-31H,5-6,9-10,19-21H2,1H3,(H,36,43)(H,37,44). The lowest BCUT2D eigenvalue weighted by Crippen LogP contribution is -2.43. The molecule has 2 atom stereocenters. The van der Waals surface area contributed by atoms with E-state index in [1.54, 1.807) is 9.80 Å². The average Bonchev–Trinajstić information content (AvgIpc) is 3.84. The van der Waals surface area contributed by atoms with Crippen LogP contribution in [0.3, 0.4) is 0 Å². The van der Waals surface area contributed by atoms with Crippen molar-refractivity contribution in [2.75, 3.05) is 23.7 Å². The molecule has 0 spiro atoms. The molecule has 230 valence electrons. The normalized spacial score (nSPS) is 17.7. The zero-order chi connectivity index (χ0) is 31.3. The molecule has 9 nitrogen and oxygen atoms in total. The summed E-state index contributed by atoms with van der Waals surface area (Å²) in [5, 5.41) is 8.76. The Hall–Kier alpha value is -4.83. The number of hydrogen-bond donors (Lipinski definition) is 2. The predicted octanol–water partition coefficient (Wildman–Crippen LogP) is 5.60. The molecular weight excluding hydrogens is 586 g/mol. The van der Waals surface area contributed by atoms with E-state index in [1.807, 2.05) is 84.2 Å². The predicted molar refractivity (Wildman–Crippen MR) is 176 cm³/mol. The molecule has 3 aromatic carbocycles. The summed E-state index contributed by atoms with van der Waals surface area (Å²) in [6.45, 7) is 2.71. The lowest BCUT2D eigenvalue weighted by Gasteiger charge is -2.24. The minimum atomic E-state index is -0.473. The van der Waals surface area contributed by atoms with Gasteiger partial charge in [-0.1, -0.05) is 42.5 Å². The van der Waals surface area contributed by atoms with Gasteiger partial charge >= 0.3 is 0 Å². The first-order chi connectivity index (χ1) is 21.9. The second-order valence-corrected chi connectivity index (χ2v) is 12.3. The van der Waals surface area contributed by atoms with Crippen LogP contribution < -0.4 is 10.6 Å². The molecule has 0 radical (unpaired) electrons. The highest BCUT2D eigenvalue weighted by molar-refractivity contribution is 7.13. The van der Waals surface area contributed by atoms with Gasteiger partial charge in [0.1, 0.15) is 17.1 Å². The number of nitrogens with zero attached hydrogens (tertiary/aromatic N) is 3. The van der Waals surface area contributed by atoms with Crippen LogP contribution in [0.15, 0.2) is 84.2 Å². The molecule has 2 N–H and O–H groups in total. The number of amides is 4. The molecule has 1 aromatic heterocycles. The zero-order valence-electron chi connectivity index (χ0n) is 25.1. The van der Waals surface area contributed by atoms with Crippen molar-refractivity contribution in [3.05, 3.63) is 89.8 Å². The Bertz CT molecular complexity index is 1690. The number of hydrogen-bond acceptors (Lipinski definition) is 6. The highest BCUT2D eigenvalue weighted by atomic mass is 32.1. The maximum atomic E-state index is 13.1. The summed E-state index contributed by atoms with van der Waals surface area (Å²) < 4.78 is 0. The van der Waals surface area contributed by atoms with Crippen molar-refractivity contribution in [3.8, 4) is 21.8 Å². The molecule has 0 saturated carbocycles. The SMILES string of the molecule is CC(=O)N1CCCC1C(=O)Nc1ccc(-c2nc(-c3ccc(NC(=O)C4CCCN4C(=O)Cc4ccccc4)cc3)cs2)cc1. The molecule has 2 aliphatic rings. The summed E-state index contributed by atoms with van der Waals surface area (Å²) >= 11 is 1.53. The average molecular weight is 622 g/mol. The minimum absolute atomic E-state index is 0.0296. The van der Waals surface area contributed by atoms with Gasteiger partial charge in [-0.25, -0.2) is 4.98 Å². The maximum absolute atomic E-state index is 13.1. The Morgan fingerprint density at radius 2 is 1.31 bits per heavy atom. The van der Waals surface area contributed by atoms with Gasteiger partial charge < -0.3 is 20.4 Å². The summed E-state index contributed by atoms with van der Waals surface area (Å²) in [7, 11) is 0. The van der Waals surface area contributed by atoms with E-state index in [1.165, 1.54) is 18.3 Å². The van der Waals surface area contributed by atoms with E-state index in [2.05, 4.69) is 10.6 Å². The van der Waals surface area contributed by atoms with Crippen molar-refractivity contribution >= 4 is 46.3 Å². The molecule has 3 heterocycles. The maximum Gasteiger partial charge on any atom is 0.247 e. The summed E-state index contributed by atoms with van der Waals surface area (Å²) in [5.41, 5.74) is 4.97. The van der Waals surface area contributed by atoms with Gasteiger partial charge in [0, 0.05) is 47.9 Å². The molecule has 10 heteroatoms. The van der Waals surface area contributed by atoms with Crippen molar-refractivity contribution in [2.45, 2.75) is 51.1 Å². The fraction of sp³-hybridized carbons (Fsp3) is 0.286. The third kappa shape index (κ3) is 6.96. The fourth-order valence-electron chi connectivity index (χ4n) is 6.04. The van der Waals surface area contributed by atoms with Crippen LogP contribution >= 0.6 is 11.3 Å².